The lowest BCUT2D eigenvalue weighted by molar-refractivity contribution is 0.0488. The first kappa shape index (κ1) is 68.5. The summed E-state index contributed by atoms with van der Waals surface area (Å²) in [5, 5.41) is 0. The SMILES string of the molecule is CCCCCCCCC/C=C\CCCCCCCCOC(=O)c1ccccc1.CCCCCCCCCCCCCCCCCCOC(=O)c1ccccc1.CCOC(=O)c1ccccc1.COC(=O)c1ccccc1. The summed E-state index contributed by atoms with van der Waals surface area (Å²) < 4.78 is 19.9. The molecule has 0 spiro atoms. The summed E-state index contributed by atoms with van der Waals surface area (Å²) in [5.74, 6) is -0.950. The van der Waals surface area contributed by atoms with Gasteiger partial charge in [-0.05, 0) is 94.0 Å². The zero-order valence-electron chi connectivity index (χ0n) is 48.0. The average Bonchev–Trinajstić information content (AvgIpc) is 3.46. The third kappa shape index (κ3) is 41.7. The predicted molar refractivity (Wildman–Crippen MR) is 317 cm³/mol. The summed E-state index contributed by atoms with van der Waals surface area (Å²) >= 11 is 0. The maximum absolute atomic E-state index is 11.8. The lowest BCUT2D eigenvalue weighted by atomic mass is 10.0. The number of carbonyl (C=O) groups is 4. The van der Waals surface area contributed by atoms with Crippen LogP contribution in [-0.2, 0) is 18.9 Å². The second kappa shape index (κ2) is 52.9. The van der Waals surface area contributed by atoms with Crippen LogP contribution in [0.15, 0.2) is 133 Å². The smallest absolute Gasteiger partial charge is 0.338 e. The number of esters is 4. The van der Waals surface area contributed by atoms with Crippen LogP contribution in [0, 0.1) is 0 Å². The van der Waals surface area contributed by atoms with Crippen molar-refractivity contribution in [3.05, 3.63) is 156 Å². The highest BCUT2D eigenvalue weighted by Gasteiger charge is 2.07. The first-order chi connectivity index (χ1) is 37.4. The van der Waals surface area contributed by atoms with E-state index in [1.165, 1.54) is 187 Å². The van der Waals surface area contributed by atoms with Gasteiger partial charge in [-0.1, -0.05) is 259 Å². The minimum Gasteiger partial charge on any atom is -0.465 e. The summed E-state index contributed by atoms with van der Waals surface area (Å²) in [6, 6.07) is 36.3. The number of methoxy groups -OCH3 is 1. The lowest BCUT2D eigenvalue weighted by Crippen LogP contribution is -2.06. The van der Waals surface area contributed by atoms with Crippen molar-refractivity contribution >= 4 is 23.9 Å². The fraction of sp³-hybridized carbons (Fsp3) is 0.559. The molecular formula is C68H102O8. The summed E-state index contributed by atoms with van der Waals surface area (Å²) in [4.78, 5) is 45.4. The number of rotatable bonds is 39. The monoisotopic (exact) mass is 1050 g/mol. The molecule has 0 aliphatic carbocycles. The van der Waals surface area contributed by atoms with Crippen molar-refractivity contribution in [3.63, 3.8) is 0 Å². The topological polar surface area (TPSA) is 105 Å². The van der Waals surface area contributed by atoms with Crippen LogP contribution in [0.2, 0.25) is 0 Å². The third-order valence-electron chi connectivity index (χ3n) is 12.9. The molecule has 0 N–H and O–H groups in total. The molecule has 0 aliphatic rings. The molecule has 0 saturated heterocycles. The van der Waals surface area contributed by atoms with Gasteiger partial charge in [0, 0.05) is 0 Å². The lowest BCUT2D eigenvalue weighted by Gasteiger charge is -2.05. The van der Waals surface area contributed by atoms with Crippen molar-refractivity contribution in [2.24, 2.45) is 0 Å². The van der Waals surface area contributed by atoms with Crippen molar-refractivity contribution in [2.75, 3.05) is 26.9 Å². The first-order valence-corrected chi connectivity index (χ1v) is 29.8. The van der Waals surface area contributed by atoms with E-state index >= 15 is 0 Å². The van der Waals surface area contributed by atoms with Crippen molar-refractivity contribution < 1.29 is 38.1 Å². The Hall–Kier alpha value is -5.50. The Balaban J connectivity index is 0.000000553. The van der Waals surface area contributed by atoms with E-state index in [9.17, 15) is 19.2 Å². The number of unbranched alkanes of at least 4 members (excludes halogenated alkanes) is 28. The Labute approximate surface area is 462 Å². The van der Waals surface area contributed by atoms with Crippen molar-refractivity contribution in [2.45, 2.75) is 220 Å². The molecule has 0 radical (unpaired) electrons. The van der Waals surface area contributed by atoms with Gasteiger partial charge >= 0.3 is 23.9 Å². The van der Waals surface area contributed by atoms with E-state index in [0.717, 1.165) is 19.3 Å². The highest BCUT2D eigenvalue weighted by molar-refractivity contribution is 5.90. The predicted octanol–water partition coefficient (Wildman–Crippen LogP) is 19.7. The summed E-state index contributed by atoms with van der Waals surface area (Å²) in [5.41, 5.74) is 2.48. The van der Waals surface area contributed by atoms with Gasteiger partial charge in [-0.25, -0.2) is 19.2 Å². The van der Waals surface area contributed by atoms with Crippen LogP contribution < -0.4 is 0 Å². The molecule has 0 heterocycles. The van der Waals surface area contributed by atoms with Crippen LogP contribution in [0.1, 0.15) is 261 Å². The molecule has 0 bridgehead atoms. The quantitative estimate of drug-likeness (QED) is 0.0188. The minimum atomic E-state index is -0.291. The number of allylic oxidation sites excluding steroid dienone is 2. The molecule has 0 amide bonds. The standard InChI is InChI=1S/C26H42O2.C25H42O2.C9H10O2.C8H8O2/c1-2-3-4-5-6-7-8-9-10-11-12-13-14-15-16-17-21-24-28-26(27)25-22-19-18-20-23-25;1-2-3-4-5-6-7-8-9-10-11-12-13-14-15-16-20-23-27-25(26)24-21-18-17-19-22-24;1-2-11-9(10)8-6-4-3-5-7-8;1-10-8(9)7-5-3-2-4-6-7/h10-11,18-20,22-23H,2-9,12-17,21,24H2,1H3;17-19,21-22H,2-16,20,23H2,1H3;3-7H,2H2,1H3;2-6H,1H3/b11-10-;;;. The van der Waals surface area contributed by atoms with Gasteiger partial charge in [0.05, 0.1) is 49.2 Å². The molecule has 0 aromatic heterocycles. The van der Waals surface area contributed by atoms with Gasteiger partial charge in [-0.3, -0.25) is 0 Å². The van der Waals surface area contributed by atoms with Gasteiger partial charge < -0.3 is 18.9 Å². The Morgan fingerprint density at radius 3 is 0.803 bits per heavy atom. The Morgan fingerprint density at radius 1 is 0.303 bits per heavy atom. The summed E-state index contributed by atoms with van der Waals surface area (Å²) in [7, 11) is 1.37. The summed E-state index contributed by atoms with van der Waals surface area (Å²) in [6.45, 7) is 7.86. The van der Waals surface area contributed by atoms with Gasteiger partial charge in [0.15, 0.2) is 0 Å². The second-order valence-electron chi connectivity index (χ2n) is 19.5. The molecule has 0 saturated carbocycles. The van der Waals surface area contributed by atoms with Gasteiger partial charge in [-0.2, -0.15) is 0 Å². The van der Waals surface area contributed by atoms with Crippen LogP contribution in [-0.4, -0.2) is 50.8 Å². The van der Waals surface area contributed by atoms with E-state index in [1.807, 2.05) is 60.7 Å². The van der Waals surface area contributed by atoms with Gasteiger partial charge in [-0.15, -0.1) is 0 Å². The van der Waals surface area contributed by atoms with E-state index in [0.29, 0.717) is 42.1 Å². The molecule has 4 rings (SSSR count). The van der Waals surface area contributed by atoms with Crippen molar-refractivity contribution in [1.29, 1.82) is 0 Å². The van der Waals surface area contributed by atoms with E-state index < -0.39 is 0 Å². The fourth-order valence-corrected chi connectivity index (χ4v) is 8.30. The van der Waals surface area contributed by atoms with Gasteiger partial charge in [0.25, 0.3) is 0 Å². The summed E-state index contributed by atoms with van der Waals surface area (Å²) in [6.07, 6.45) is 46.0. The van der Waals surface area contributed by atoms with Crippen LogP contribution in [0.3, 0.4) is 0 Å². The largest absolute Gasteiger partial charge is 0.465 e. The molecule has 422 valence electrons. The fourth-order valence-electron chi connectivity index (χ4n) is 8.30. The zero-order chi connectivity index (χ0) is 55.0. The van der Waals surface area contributed by atoms with Gasteiger partial charge in [0.2, 0.25) is 0 Å². The Kier molecular flexibility index (Phi) is 47.7. The van der Waals surface area contributed by atoms with E-state index in [-0.39, 0.29) is 23.9 Å². The Bertz CT molecular complexity index is 1930. The molecule has 76 heavy (non-hydrogen) atoms. The maximum atomic E-state index is 11.8. The molecular weight excluding hydrogens is 945 g/mol. The van der Waals surface area contributed by atoms with Crippen LogP contribution in [0.4, 0.5) is 0 Å². The second-order valence-corrected chi connectivity index (χ2v) is 19.5. The molecule has 8 nitrogen and oxygen atoms in total. The van der Waals surface area contributed by atoms with Crippen LogP contribution in [0.25, 0.3) is 0 Å². The van der Waals surface area contributed by atoms with Crippen molar-refractivity contribution in [1.82, 2.24) is 0 Å². The number of hydrogen-bond acceptors (Lipinski definition) is 8. The third-order valence-corrected chi connectivity index (χ3v) is 12.9. The first-order valence-electron chi connectivity index (χ1n) is 29.8. The zero-order valence-corrected chi connectivity index (χ0v) is 48.0. The minimum absolute atomic E-state index is 0.198. The van der Waals surface area contributed by atoms with Crippen molar-refractivity contribution in [3.8, 4) is 0 Å². The molecule has 8 heteroatoms. The Morgan fingerprint density at radius 2 is 0.539 bits per heavy atom. The molecule has 4 aromatic carbocycles. The average molecular weight is 1050 g/mol. The number of ether oxygens (including phenoxy) is 4. The van der Waals surface area contributed by atoms with Gasteiger partial charge in [0.1, 0.15) is 0 Å². The highest BCUT2D eigenvalue weighted by atomic mass is 16.5. The normalized spacial score (nSPS) is 10.5. The number of benzene rings is 4. The van der Waals surface area contributed by atoms with E-state index in [1.54, 1.807) is 67.6 Å². The van der Waals surface area contributed by atoms with Crippen LogP contribution >= 0.6 is 0 Å². The van der Waals surface area contributed by atoms with E-state index in [4.69, 9.17) is 14.2 Å². The number of hydrogen-bond donors (Lipinski definition) is 0. The van der Waals surface area contributed by atoms with E-state index in [2.05, 4.69) is 30.7 Å². The molecule has 4 aromatic rings. The molecule has 0 unspecified atom stereocenters. The molecule has 0 aliphatic heterocycles. The molecule has 0 atom stereocenters. The highest BCUT2D eigenvalue weighted by Crippen LogP contribution is 2.15. The van der Waals surface area contributed by atoms with Crippen LogP contribution in [0.5, 0.6) is 0 Å². The maximum Gasteiger partial charge on any atom is 0.338 e. The molecule has 0 fully saturated rings. The number of carbonyl (C=O) groups excluding carboxylic acids is 4.